The van der Waals surface area contributed by atoms with E-state index in [4.69, 9.17) is 4.74 Å². The summed E-state index contributed by atoms with van der Waals surface area (Å²) in [6.45, 7) is 0. The highest BCUT2D eigenvalue weighted by Gasteiger charge is 2.22. The minimum atomic E-state index is -0.284. The summed E-state index contributed by atoms with van der Waals surface area (Å²) in [6.07, 6.45) is 3.70. The predicted octanol–water partition coefficient (Wildman–Crippen LogP) is 6.12. The smallest absolute Gasteiger partial charge is 0.212 e. The van der Waals surface area contributed by atoms with Crippen LogP contribution in [-0.4, -0.2) is 24.1 Å². The minimum Gasteiger partial charge on any atom is -0.481 e. The number of pyridine rings is 1. The molecule has 0 aliphatic heterocycles. The molecule has 2 aromatic carbocycles. The molecule has 0 amide bonds. The summed E-state index contributed by atoms with van der Waals surface area (Å²) in [7, 11) is 1.53. The summed E-state index contributed by atoms with van der Waals surface area (Å²) in [5.41, 5.74) is 2.46. The Kier molecular flexibility index (Phi) is 6.86. The van der Waals surface area contributed by atoms with Gasteiger partial charge in [0.05, 0.1) is 7.11 Å². The standard InChI is InChI=1S/C22H19BrFNO2S/c1-27-22-10-5-15(13-25-22)20(26)12-19(14-3-6-16(23)7-4-14)18-9-8-17(24)11-21(18)28-2/h3-11,13,19H,12H2,1-2H3. The lowest BCUT2D eigenvalue weighted by molar-refractivity contribution is 0.0977. The Balaban J connectivity index is 1.98. The number of aromatic nitrogens is 1. The minimum absolute atomic E-state index is 0.0283. The molecule has 1 aromatic heterocycles. The fourth-order valence-corrected chi connectivity index (χ4v) is 3.99. The molecule has 6 heteroatoms. The molecule has 1 heterocycles. The summed E-state index contributed by atoms with van der Waals surface area (Å²) in [4.78, 5) is 17.9. The molecule has 3 aromatic rings. The zero-order chi connectivity index (χ0) is 20.1. The molecule has 28 heavy (non-hydrogen) atoms. The van der Waals surface area contributed by atoms with Crippen LogP contribution in [0.3, 0.4) is 0 Å². The van der Waals surface area contributed by atoms with E-state index in [1.165, 1.54) is 37.2 Å². The van der Waals surface area contributed by atoms with Crippen molar-refractivity contribution in [1.29, 1.82) is 0 Å². The van der Waals surface area contributed by atoms with Crippen LogP contribution in [-0.2, 0) is 0 Å². The Bertz CT molecular complexity index is 961. The average molecular weight is 460 g/mol. The lowest BCUT2D eigenvalue weighted by Crippen LogP contribution is -2.11. The molecule has 0 bridgehead atoms. The number of benzene rings is 2. The van der Waals surface area contributed by atoms with Gasteiger partial charge in [0, 0.05) is 39.5 Å². The van der Waals surface area contributed by atoms with Crippen molar-refractivity contribution in [2.45, 2.75) is 17.2 Å². The third-order valence-corrected chi connectivity index (χ3v) is 5.82. The molecule has 0 aliphatic carbocycles. The highest BCUT2D eigenvalue weighted by atomic mass is 79.9. The zero-order valence-electron chi connectivity index (χ0n) is 15.5. The normalized spacial score (nSPS) is 11.9. The van der Waals surface area contributed by atoms with Crippen LogP contribution in [0.1, 0.15) is 33.8 Å². The lowest BCUT2D eigenvalue weighted by Gasteiger charge is -2.20. The van der Waals surface area contributed by atoms with Gasteiger partial charge >= 0.3 is 0 Å². The fraction of sp³-hybridized carbons (Fsp3) is 0.182. The Hall–Kier alpha value is -2.18. The molecule has 3 rings (SSSR count). The SMILES string of the molecule is COc1ccc(C(=O)CC(c2ccc(Br)cc2)c2ccc(F)cc2SC)cn1. The van der Waals surface area contributed by atoms with Gasteiger partial charge in [-0.15, -0.1) is 11.8 Å². The Morgan fingerprint density at radius 3 is 2.54 bits per heavy atom. The lowest BCUT2D eigenvalue weighted by atomic mass is 9.86. The number of ether oxygens (including phenoxy) is 1. The molecule has 0 N–H and O–H groups in total. The number of hydrogen-bond donors (Lipinski definition) is 0. The number of methoxy groups -OCH3 is 1. The molecule has 0 aliphatic rings. The van der Waals surface area contributed by atoms with Crippen LogP contribution >= 0.6 is 27.7 Å². The summed E-state index contributed by atoms with van der Waals surface area (Å²) >= 11 is 4.92. The monoisotopic (exact) mass is 459 g/mol. The van der Waals surface area contributed by atoms with Gasteiger partial charge in [-0.1, -0.05) is 34.1 Å². The Labute approximate surface area is 176 Å². The van der Waals surface area contributed by atoms with E-state index in [-0.39, 0.29) is 23.9 Å². The highest BCUT2D eigenvalue weighted by molar-refractivity contribution is 9.10. The van der Waals surface area contributed by atoms with Crippen LogP contribution in [0, 0.1) is 5.82 Å². The molecule has 1 atom stereocenters. The van der Waals surface area contributed by atoms with Gasteiger partial charge in [-0.25, -0.2) is 9.37 Å². The summed E-state index contributed by atoms with van der Waals surface area (Å²) in [5.74, 6) is -0.0391. The molecular weight excluding hydrogens is 441 g/mol. The second-order valence-electron chi connectivity index (χ2n) is 6.21. The van der Waals surface area contributed by atoms with Crippen molar-refractivity contribution < 1.29 is 13.9 Å². The van der Waals surface area contributed by atoms with Gasteiger partial charge in [0.1, 0.15) is 5.82 Å². The van der Waals surface area contributed by atoms with Crippen LogP contribution in [0.2, 0.25) is 0 Å². The maximum Gasteiger partial charge on any atom is 0.212 e. The van der Waals surface area contributed by atoms with Crippen LogP contribution in [0.25, 0.3) is 0 Å². The maximum atomic E-state index is 13.7. The first kappa shape index (κ1) is 20.6. The van der Waals surface area contributed by atoms with Crippen LogP contribution in [0.15, 0.2) is 70.2 Å². The van der Waals surface area contributed by atoms with Gasteiger partial charge in [0.2, 0.25) is 5.88 Å². The maximum absolute atomic E-state index is 13.7. The quantitative estimate of drug-likeness (QED) is 0.315. The molecule has 0 fully saturated rings. The van der Waals surface area contributed by atoms with E-state index in [0.717, 1.165) is 20.5 Å². The number of rotatable bonds is 7. The van der Waals surface area contributed by atoms with Crippen molar-refractivity contribution in [2.75, 3.05) is 13.4 Å². The van der Waals surface area contributed by atoms with Crippen molar-refractivity contribution >= 4 is 33.5 Å². The first-order valence-corrected chi connectivity index (χ1v) is 10.7. The molecular formula is C22H19BrFNO2S. The van der Waals surface area contributed by atoms with Gasteiger partial charge in [0.25, 0.3) is 0 Å². The molecule has 0 radical (unpaired) electrons. The zero-order valence-corrected chi connectivity index (χ0v) is 17.9. The van der Waals surface area contributed by atoms with Gasteiger partial charge in [0.15, 0.2) is 5.78 Å². The predicted molar refractivity (Wildman–Crippen MR) is 114 cm³/mol. The van der Waals surface area contributed by atoms with Crippen molar-refractivity contribution in [1.82, 2.24) is 4.98 Å². The van der Waals surface area contributed by atoms with E-state index < -0.39 is 0 Å². The number of Topliss-reactive ketones (excluding diaryl/α,β-unsaturated/α-hetero) is 1. The first-order valence-electron chi connectivity index (χ1n) is 8.64. The third-order valence-electron chi connectivity index (χ3n) is 4.50. The van der Waals surface area contributed by atoms with Crippen molar-refractivity contribution in [3.05, 3.63) is 87.8 Å². The highest BCUT2D eigenvalue weighted by Crippen LogP contribution is 2.36. The van der Waals surface area contributed by atoms with E-state index in [9.17, 15) is 9.18 Å². The second kappa shape index (κ2) is 9.34. The van der Waals surface area contributed by atoms with E-state index in [0.29, 0.717) is 11.4 Å². The Morgan fingerprint density at radius 2 is 1.93 bits per heavy atom. The Morgan fingerprint density at radius 1 is 1.18 bits per heavy atom. The van der Waals surface area contributed by atoms with Crippen LogP contribution < -0.4 is 4.74 Å². The van der Waals surface area contributed by atoms with Crippen LogP contribution in [0.4, 0.5) is 4.39 Å². The molecule has 0 saturated heterocycles. The summed E-state index contributed by atoms with van der Waals surface area (Å²) in [6, 6.07) is 16.0. The number of carbonyl (C=O) groups excluding carboxylic acids is 1. The van der Waals surface area contributed by atoms with Crippen molar-refractivity contribution in [3.8, 4) is 5.88 Å². The van der Waals surface area contributed by atoms with E-state index >= 15 is 0 Å². The van der Waals surface area contributed by atoms with Crippen LogP contribution in [0.5, 0.6) is 5.88 Å². The van der Waals surface area contributed by atoms with E-state index in [1.54, 1.807) is 18.2 Å². The topological polar surface area (TPSA) is 39.2 Å². The molecule has 1 unspecified atom stereocenters. The number of nitrogens with zero attached hydrogens (tertiary/aromatic N) is 1. The van der Waals surface area contributed by atoms with Crippen molar-refractivity contribution in [3.63, 3.8) is 0 Å². The first-order chi connectivity index (χ1) is 13.5. The number of halogens is 2. The molecule has 0 saturated carbocycles. The number of hydrogen-bond acceptors (Lipinski definition) is 4. The number of ketones is 1. The molecule has 3 nitrogen and oxygen atoms in total. The molecule has 144 valence electrons. The van der Waals surface area contributed by atoms with Gasteiger partial charge in [-0.05, 0) is 47.7 Å². The van der Waals surface area contributed by atoms with Crippen molar-refractivity contribution in [2.24, 2.45) is 0 Å². The molecule has 0 spiro atoms. The summed E-state index contributed by atoms with van der Waals surface area (Å²) < 4.78 is 19.8. The van der Waals surface area contributed by atoms with Gasteiger partial charge in [-0.2, -0.15) is 0 Å². The van der Waals surface area contributed by atoms with Gasteiger partial charge < -0.3 is 4.74 Å². The third kappa shape index (κ3) is 4.80. The van der Waals surface area contributed by atoms with E-state index in [2.05, 4.69) is 20.9 Å². The number of thioether (sulfide) groups is 1. The largest absolute Gasteiger partial charge is 0.481 e. The summed E-state index contributed by atoms with van der Waals surface area (Å²) in [5, 5.41) is 0. The fourth-order valence-electron chi connectivity index (χ4n) is 3.04. The van der Waals surface area contributed by atoms with E-state index in [1.807, 2.05) is 30.5 Å². The number of carbonyl (C=O) groups is 1. The second-order valence-corrected chi connectivity index (χ2v) is 7.97. The average Bonchev–Trinajstić information content (AvgIpc) is 2.72. The van der Waals surface area contributed by atoms with Gasteiger partial charge in [-0.3, -0.25) is 4.79 Å².